The van der Waals surface area contributed by atoms with Crippen molar-refractivity contribution in [3.63, 3.8) is 0 Å². The molecule has 2 aromatic rings. The molecule has 1 N–H and O–H groups in total. The molecule has 2 aliphatic rings. The van der Waals surface area contributed by atoms with Crippen molar-refractivity contribution in [2.24, 2.45) is 0 Å². The minimum Gasteiger partial charge on any atom is -0.486 e. The van der Waals surface area contributed by atoms with Crippen LogP contribution < -0.4 is 19.7 Å². The molecule has 1 aromatic carbocycles. The first-order valence-electron chi connectivity index (χ1n) is 8.21. The molecule has 3 heterocycles. The second kappa shape index (κ2) is 6.76. The van der Waals surface area contributed by atoms with Crippen molar-refractivity contribution < 1.29 is 19.1 Å². The molecule has 1 fully saturated rings. The van der Waals surface area contributed by atoms with Crippen molar-refractivity contribution in [3.8, 4) is 11.5 Å². The Morgan fingerprint density at radius 1 is 1.24 bits per heavy atom. The zero-order valence-electron chi connectivity index (χ0n) is 13.6. The third-order valence-corrected chi connectivity index (χ3v) is 5.12. The molecule has 4 rings (SSSR count). The molecule has 130 valence electrons. The Balaban J connectivity index is 1.41. The summed E-state index contributed by atoms with van der Waals surface area (Å²) >= 11 is 1.56. The van der Waals surface area contributed by atoms with Crippen LogP contribution in [0, 0.1) is 0 Å². The van der Waals surface area contributed by atoms with E-state index in [-0.39, 0.29) is 17.9 Å². The van der Waals surface area contributed by atoms with Crippen LogP contribution >= 0.6 is 11.3 Å². The Morgan fingerprint density at radius 2 is 2.08 bits per heavy atom. The number of fused-ring (bicyclic) bond motifs is 1. The maximum Gasteiger partial charge on any atom is 0.229 e. The number of nitrogens with zero attached hydrogens (tertiary/aromatic N) is 1. The number of anilines is 1. The van der Waals surface area contributed by atoms with Crippen LogP contribution in [0.25, 0.3) is 0 Å². The summed E-state index contributed by atoms with van der Waals surface area (Å²) in [6, 6.07) is 9.18. The van der Waals surface area contributed by atoms with Crippen LogP contribution in [0.1, 0.15) is 11.3 Å². The van der Waals surface area contributed by atoms with Gasteiger partial charge in [-0.25, -0.2) is 0 Å². The van der Waals surface area contributed by atoms with Gasteiger partial charge in [-0.3, -0.25) is 9.59 Å². The van der Waals surface area contributed by atoms with Gasteiger partial charge >= 0.3 is 0 Å². The van der Waals surface area contributed by atoms with Crippen LogP contribution in [0.5, 0.6) is 11.5 Å². The molecule has 1 unspecified atom stereocenters. The number of carbonyl (C=O) groups excluding carboxylic acids is 2. The van der Waals surface area contributed by atoms with E-state index in [2.05, 4.69) is 5.32 Å². The molecular weight excluding hydrogens is 340 g/mol. The number of thiophene rings is 1. The van der Waals surface area contributed by atoms with Gasteiger partial charge in [-0.15, -0.1) is 11.3 Å². The van der Waals surface area contributed by atoms with E-state index in [0.29, 0.717) is 44.1 Å². The van der Waals surface area contributed by atoms with E-state index >= 15 is 0 Å². The van der Waals surface area contributed by atoms with Gasteiger partial charge < -0.3 is 19.7 Å². The molecule has 0 aliphatic carbocycles. The monoisotopic (exact) mass is 358 g/mol. The highest BCUT2D eigenvalue weighted by Gasteiger charge is 2.32. The summed E-state index contributed by atoms with van der Waals surface area (Å²) in [6.45, 7) is 1.51. The van der Waals surface area contributed by atoms with Gasteiger partial charge in [0.1, 0.15) is 13.2 Å². The molecule has 1 atom stereocenters. The SMILES string of the molecule is O=C(Cc1cccs1)NC1CC(=O)N(c2ccc3c(c2)OCCO3)C1. The smallest absolute Gasteiger partial charge is 0.229 e. The Labute approximate surface area is 149 Å². The fraction of sp³-hybridized carbons (Fsp3) is 0.333. The van der Waals surface area contributed by atoms with E-state index in [1.165, 1.54) is 0 Å². The summed E-state index contributed by atoms with van der Waals surface area (Å²) < 4.78 is 11.1. The molecule has 6 nitrogen and oxygen atoms in total. The zero-order chi connectivity index (χ0) is 17.2. The summed E-state index contributed by atoms with van der Waals surface area (Å²) in [7, 11) is 0. The standard InChI is InChI=1S/C18H18N2O4S/c21-17(10-14-2-1-7-25-14)19-12-8-18(22)20(11-12)13-3-4-15-16(9-13)24-6-5-23-15/h1-4,7,9,12H,5-6,8,10-11H2,(H,19,21). The Morgan fingerprint density at radius 3 is 2.88 bits per heavy atom. The second-order valence-corrected chi connectivity index (χ2v) is 7.09. The third-order valence-electron chi connectivity index (χ3n) is 4.24. The fourth-order valence-electron chi connectivity index (χ4n) is 3.10. The highest BCUT2D eigenvalue weighted by atomic mass is 32.1. The number of rotatable bonds is 4. The van der Waals surface area contributed by atoms with E-state index in [1.54, 1.807) is 16.2 Å². The molecule has 0 saturated carbocycles. The lowest BCUT2D eigenvalue weighted by molar-refractivity contribution is -0.121. The summed E-state index contributed by atoms with van der Waals surface area (Å²) in [6.07, 6.45) is 0.664. The second-order valence-electron chi connectivity index (χ2n) is 6.06. The number of ether oxygens (including phenoxy) is 2. The van der Waals surface area contributed by atoms with Gasteiger partial charge in [-0.2, -0.15) is 0 Å². The molecule has 1 aromatic heterocycles. The minimum absolute atomic E-state index is 0.00176. The topological polar surface area (TPSA) is 67.9 Å². The Hall–Kier alpha value is -2.54. The van der Waals surface area contributed by atoms with Crippen LogP contribution in [0.2, 0.25) is 0 Å². The van der Waals surface area contributed by atoms with Crippen molar-refractivity contribution in [3.05, 3.63) is 40.6 Å². The summed E-state index contributed by atoms with van der Waals surface area (Å²) in [5, 5.41) is 4.91. The van der Waals surface area contributed by atoms with Crippen molar-refractivity contribution in [2.45, 2.75) is 18.9 Å². The number of amides is 2. The predicted octanol–water partition coefficient (Wildman–Crippen LogP) is 1.98. The van der Waals surface area contributed by atoms with Gasteiger partial charge in [0.25, 0.3) is 0 Å². The van der Waals surface area contributed by atoms with Gasteiger partial charge in [0.05, 0.1) is 12.5 Å². The number of carbonyl (C=O) groups is 2. The Kier molecular flexibility index (Phi) is 4.31. The van der Waals surface area contributed by atoms with Crippen molar-refractivity contribution >= 4 is 28.8 Å². The van der Waals surface area contributed by atoms with Crippen molar-refractivity contribution in [1.82, 2.24) is 5.32 Å². The number of benzene rings is 1. The summed E-state index contributed by atoms with van der Waals surface area (Å²) in [4.78, 5) is 27.2. The molecule has 7 heteroatoms. The third kappa shape index (κ3) is 3.46. The summed E-state index contributed by atoms with van der Waals surface area (Å²) in [5.74, 6) is 1.30. The van der Waals surface area contributed by atoms with Crippen LogP contribution in [0.3, 0.4) is 0 Å². The number of hydrogen-bond acceptors (Lipinski definition) is 5. The molecule has 25 heavy (non-hydrogen) atoms. The van der Waals surface area contributed by atoms with Crippen LogP contribution in [-0.2, 0) is 16.0 Å². The normalized spacial score (nSPS) is 19.1. The highest BCUT2D eigenvalue weighted by molar-refractivity contribution is 7.10. The molecule has 2 aliphatic heterocycles. The van der Waals surface area contributed by atoms with Gasteiger partial charge in [0.15, 0.2) is 11.5 Å². The largest absolute Gasteiger partial charge is 0.486 e. The first-order chi connectivity index (χ1) is 12.2. The Bertz CT molecular complexity index is 790. The molecule has 0 radical (unpaired) electrons. The highest BCUT2D eigenvalue weighted by Crippen LogP contribution is 2.35. The van der Waals surface area contributed by atoms with E-state index in [0.717, 1.165) is 10.6 Å². The molecule has 0 bridgehead atoms. The lowest BCUT2D eigenvalue weighted by atomic mass is 10.2. The maximum atomic E-state index is 12.4. The van der Waals surface area contributed by atoms with Crippen molar-refractivity contribution in [1.29, 1.82) is 0 Å². The molecular formula is C18H18N2O4S. The van der Waals surface area contributed by atoms with Crippen LogP contribution in [-0.4, -0.2) is 37.6 Å². The first-order valence-corrected chi connectivity index (χ1v) is 9.09. The maximum absolute atomic E-state index is 12.4. The first kappa shape index (κ1) is 16.0. The van der Waals surface area contributed by atoms with Crippen LogP contribution in [0.4, 0.5) is 5.69 Å². The zero-order valence-corrected chi connectivity index (χ0v) is 14.4. The quantitative estimate of drug-likeness (QED) is 0.908. The fourth-order valence-corrected chi connectivity index (χ4v) is 3.81. The molecule has 2 amide bonds. The lowest BCUT2D eigenvalue weighted by Crippen LogP contribution is -2.37. The van der Waals surface area contributed by atoms with Gasteiger partial charge in [-0.05, 0) is 23.6 Å². The van der Waals surface area contributed by atoms with E-state index < -0.39 is 0 Å². The van der Waals surface area contributed by atoms with Gasteiger partial charge in [-0.1, -0.05) is 6.07 Å². The van der Waals surface area contributed by atoms with Gasteiger partial charge in [0, 0.05) is 29.6 Å². The average molecular weight is 358 g/mol. The molecule has 1 saturated heterocycles. The van der Waals surface area contributed by atoms with E-state index in [4.69, 9.17) is 9.47 Å². The van der Waals surface area contributed by atoms with Gasteiger partial charge in [0.2, 0.25) is 11.8 Å². The van der Waals surface area contributed by atoms with E-state index in [1.807, 2.05) is 35.7 Å². The lowest BCUT2D eigenvalue weighted by Gasteiger charge is -2.22. The van der Waals surface area contributed by atoms with E-state index in [9.17, 15) is 9.59 Å². The number of hydrogen-bond donors (Lipinski definition) is 1. The molecule has 0 spiro atoms. The minimum atomic E-state index is -0.173. The average Bonchev–Trinajstić information content (AvgIpc) is 3.24. The van der Waals surface area contributed by atoms with Crippen LogP contribution in [0.15, 0.2) is 35.7 Å². The number of nitrogens with one attached hydrogen (secondary N) is 1. The van der Waals surface area contributed by atoms with Crippen molar-refractivity contribution in [2.75, 3.05) is 24.7 Å². The predicted molar refractivity (Wildman–Crippen MR) is 94.4 cm³/mol. The summed E-state index contributed by atoms with van der Waals surface area (Å²) in [5.41, 5.74) is 0.768.